The molecule has 4 N–H and O–H groups in total. The van der Waals surface area contributed by atoms with Crippen molar-refractivity contribution in [1.82, 2.24) is 14.9 Å². The minimum Gasteiger partial charge on any atom is -0.367 e. The number of benzene rings is 1. The minimum absolute atomic E-state index is 0.0297. The molecule has 8 nitrogen and oxygen atoms in total. The number of carbonyl (C=O) groups excluding carboxylic acids is 2. The number of aromatic nitrogens is 2. The molecule has 0 aliphatic heterocycles. The summed E-state index contributed by atoms with van der Waals surface area (Å²) in [4.78, 5) is 34.3. The normalized spacial score (nSPS) is 15.9. The van der Waals surface area contributed by atoms with E-state index in [0.717, 1.165) is 31.4 Å². The van der Waals surface area contributed by atoms with Gasteiger partial charge in [-0.3, -0.25) is 9.59 Å². The smallest absolute Gasteiger partial charge is 0.254 e. The molecule has 2 aliphatic rings. The average Bonchev–Trinajstić information content (AvgIpc) is 3.55. The molecule has 140 valence electrons. The first-order valence-corrected chi connectivity index (χ1v) is 9.09. The van der Waals surface area contributed by atoms with Gasteiger partial charge in [0, 0.05) is 36.6 Å². The number of hydrogen-bond donors (Lipinski definition) is 3. The van der Waals surface area contributed by atoms with Crippen molar-refractivity contribution in [2.24, 2.45) is 5.73 Å². The highest BCUT2D eigenvalue weighted by molar-refractivity contribution is 5.97. The van der Waals surface area contributed by atoms with Gasteiger partial charge >= 0.3 is 0 Å². The molecular weight excluding hydrogens is 344 g/mol. The SMILES string of the molecule is CN(C(=O)c1ccc(Nc2ncc(C(N)=O)c(NC3CC3)n2)cc1)C1CC1. The van der Waals surface area contributed by atoms with E-state index in [9.17, 15) is 9.59 Å². The number of hydrogen-bond acceptors (Lipinski definition) is 6. The molecule has 1 heterocycles. The fourth-order valence-corrected chi connectivity index (χ4v) is 2.81. The summed E-state index contributed by atoms with van der Waals surface area (Å²) in [5.41, 5.74) is 7.07. The standard InChI is InChI=1S/C19H22N6O2/c1-25(14-8-9-14)18(27)11-2-4-13(5-3-11)23-19-21-10-15(16(20)26)17(24-19)22-12-6-7-12/h2-5,10,12,14H,6-9H2,1H3,(H2,20,26)(H2,21,22,23,24). The Balaban J connectivity index is 1.48. The zero-order valence-electron chi connectivity index (χ0n) is 15.1. The lowest BCUT2D eigenvalue weighted by Gasteiger charge is -2.16. The van der Waals surface area contributed by atoms with Crippen molar-refractivity contribution in [3.05, 3.63) is 41.6 Å². The Morgan fingerprint density at radius 2 is 1.85 bits per heavy atom. The van der Waals surface area contributed by atoms with E-state index in [1.165, 1.54) is 6.20 Å². The molecule has 1 aromatic heterocycles. The number of primary amides is 1. The molecule has 2 aromatic rings. The summed E-state index contributed by atoms with van der Waals surface area (Å²) in [5.74, 6) is 0.270. The van der Waals surface area contributed by atoms with Crippen LogP contribution in [0.1, 0.15) is 46.4 Å². The third kappa shape index (κ3) is 3.99. The van der Waals surface area contributed by atoms with Crippen molar-refractivity contribution < 1.29 is 9.59 Å². The average molecular weight is 366 g/mol. The van der Waals surface area contributed by atoms with Crippen molar-refractivity contribution in [1.29, 1.82) is 0 Å². The van der Waals surface area contributed by atoms with Crippen LogP contribution in [0.25, 0.3) is 0 Å². The van der Waals surface area contributed by atoms with Crippen LogP contribution in [0.3, 0.4) is 0 Å². The molecule has 1 aromatic carbocycles. The summed E-state index contributed by atoms with van der Waals surface area (Å²) in [6, 6.07) is 7.90. The number of amides is 2. The molecule has 0 spiro atoms. The van der Waals surface area contributed by atoms with Crippen molar-refractivity contribution in [3.63, 3.8) is 0 Å². The second kappa shape index (κ2) is 6.86. The van der Waals surface area contributed by atoms with Gasteiger partial charge in [-0.1, -0.05) is 0 Å². The molecule has 4 rings (SSSR count). The van der Waals surface area contributed by atoms with E-state index in [1.54, 1.807) is 17.0 Å². The Bertz CT molecular complexity index is 874. The number of rotatable bonds is 7. The number of carbonyl (C=O) groups is 2. The molecule has 8 heteroatoms. The van der Waals surface area contributed by atoms with Crippen molar-refractivity contribution in [3.8, 4) is 0 Å². The van der Waals surface area contributed by atoms with Crippen LogP contribution in [0.15, 0.2) is 30.5 Å². The highest BCUT2D eigenvalue weighted by atomic mass is 16.2. The topological polar surface area (TPSA) is 113 Å². The molecule has 2 saturated carbocycles. The fraction of sp³-hybridized carbons (Fsp3) is 0.368. The van der Waals surface area contributed by atoms with Gasteiger partial charge in [0.1, 0.15) is 5.82 Å². The van der Waals surface area contributed by atoms with E-state index in [4.69, 9.17) is 5.73 Å². The second-order valence-corrected chi connectivity index (χ2v) is 7.09. The van der Waals surface area contributed by atoms with E-state index < -0.39 is 5.91 Å². The third-order valence-electron chi connectivity index (χ3n) is 4.78. The van der Waals surface area contributed by atoms with Gasteiger partial charge in [-0.05, 0) is 49.9 Å². The van der Waals surface area contributed by atoms with E-state index in [-0.39, 0.29) is 11.5 Å². The van der Waals surface area contributed by atoms with Crippen LogP contribution in [-0.4, -0.2) is 45.8 Å². The Kier molecular flexibility index (Phi) is 4.39. The lowest BCUT2D eigenvalue weighted by atomic mass is 10.2. The molecule has 0 atom stereocenters. The van der Waals surface area contributed by atoms with Crippen LogP contribution in [0.4, 0.5) is 17.5 Å². The zero-order chi connectivity index (χ0) is 19.0. The molecule has 2 fully saturated rings. The molecule has 2 amide bonds. The Morgan fingerprint density at radius 1 is 1.15 bits per heavy atom. The summed E-state index contributed by atoms with van der Waals surface area (Å²) in [7, 11) is 1.84. The molecule has 0 bridgehead atoms. The van der Waals surface area contributed by atoms with Gasteiger partial charge in [0.2, 0.25) is 5.95 Å². The quantitative estimate of drug-likeness (QED) is 0.692. The van der Waals surface area contributed by atoms with Crippen molar-refractivity contribution in [2.45, 2.75) is 37.8 Å². The number of nitrogens with one attached hydrogen (secondary N) is 2. The second-order valence-electron chi connectivity index (χ2n) is 7.09. The third-order valence-corrected chi connectivity index (χ3v) is 4.78. The van der Waals surface area contributed by atoms with Crippen LogP contribution in [-0.2, 0) is 0 Å². The zero-order valence-corrected chi connectivity index (χ0v) is 15.1. The molecule has 2 aliphatic carbocycles. The summed E-state index contributed by atoms with van der Waals surface area (Å²) in [6.07, 6.45) is 5.69. The highest BCUT2D eigenvalue weighted by Crippen LogP contribution is 2.28. The van der Waals surface area contributed by atoms with Gasteiger partial charge in [0.15, 0.2) is 0 Å². The van der Waals surface area contributed by atoms with Crippen LogP contribution >= 0.6 is 0 Å². The number of nitrogens with two attached hydrogens (primary N) is 1. The maximum atomic E-state index is 12.4. The summed E-state index contributed by atoms with van der Waals surface area (Å²) in [5, 5.41) is 6.30. The lowest BCUT2D eigenvalue weighted by molar-refractivity contribution is 0.0785. The molecule has 0 unspecified atom stereocenters. The maximum Gasteiger partial charge on any atom is 0.254 e. The van der Waals surface area contributed by atoms with Crippen LogP contribution in [0, 0.1) is 0 Å². The van der Waals surface area contributed by atoms with Crippen molar-refractivity contribution >= 4 is 29.3 Å². The van der Waals surface area contributed by atoms with Gasteiger partial charge in [0.25, 0.3) is 11.8 Å². The predicted molar refractivity (Wildman–Crippen MR) is 102 cm³/mol. The molecule has 0 saturated heterocycles. The maximum absolute atomic E-state index is 12.4. The lowest BCUT2D eigenvalue weighted by Crippen LogP contribution is -2.28. The number of anilines is 3. The van der Waals surface area contributed by atoms with Gasteiger partial charge in [0.05, 0.1) is 5.56 Å². The highest BCUT2D eigenvalue weighted by Gasteiger charge is 2.30. The summed E-state index contributed by atoms with van der Waals surface area (Å²) >= 11 is 0. The first-order valence-electron chi connectivity index (χ1n) is 9.09. The van der Waals surface area contributed by atoms with E-state index in [2.05, 4.69) is 20.6 Å². The largest absolute Gasteiger partial charge is 0.367 e. The van der Waals surface area contributed by atoms with Gasteiger partial charge in [-0.15, -0.1) is 0 Å². The van der Waals surface area contributed by atoms with E-state index >= 15 is 0 Å². The fourth-order valence-electron chi connectivity index (χ4n) is 2.81. The van der Waals surface area contributed by atoms with Gasteiger partial charge in [-0.2, -0.15) is 4.98 Å². The Hall–Kier alpha value is -3.16. The predicted octanol–water partition coefficient (Wildman–Crippen LogP) is 2.13. The van der Waals surface area contributed by atoms with Gasteiger partial charge < -0.3 is 21.3 Å². The Morgan fingerprint density at radius 3 is 2.44 bits per heavy atom. The summed E-state index contributed by atoms with van der Waals surface area (Å²) < 4.78 is 0. The van der Waals surface area contributed by atoms with Crippen LogP contribution < -0.4 is 16.4 Å². The number of nitrogens with zero attached hydrogens (tertiary/aromatic N) is 3. The van der Waals surface area contributed by atoms with E-state index in [0.29, 0.717) is 29.4 Å². The van der Waals surface area contributed by atoms with Gasteiger partial charge in [-0.25, -0.2) is 4.98 Å². The first-order chi connectivity index (χ1) is 13.0. The first kappa shape index (κ1) is 17.3. The van der Waals surface area contributed by atoms with Crippen LogP contribution in [0.2, 0.25) is 0 Å². The summed E-state index contributed by atoms with van der Waals surface area (Å²) in [6.45, 7) is 0. The molecule has 0 radical (unpaired) electrons. The Labute approximate surface area is 157 Å². The minimum atomic E-state index is -0.563. The molecule has 27 heavy (non-hydrogen) atoms. The van der Waals surface area contributed by atoms with E-state index in [1.807, 2.05) is 19.2 Å². The monoisotopic (exact) mass is 366 g/mol. The molecular formula is C19H22N6O2. The van der Waals surface area contributed by atoms with Crippen LogP contribution in [0.5, 0.6) is 0 Å². The van der Waals surface area contributed by atoms with Crippen molar-refractivity contribution in [2.75, 3.05) is 17.7 Å².